The maximum absolute atomic E-state index is 13.5. The van der Waals surface area contributed by atoms with Gasteiger partial charge in [0.25, 0.3) is 0 Å². The van der Waals surface area contributed by atoms with E-state index in [0.717, 1.165) is 12.2 Å². The topological polar surface area (TPSA) is 104 Å². The molecule has 1 rings (SSSR count). The minimum Gasteiger partial charge on any atom is -0.386 e. The molecule has 0 bridgehead atoms. The van der Waals surface area contributed by atoms with Gasteiger partial charge >= 0.3 is 0 Å². The van der Waals surface area contributed by atoms with E-state index in [9.17, 15) is 17.6 Å². The third-order valence-corrected chi connectivity index (χ3v) is 2.33. The fourth-order valence-electron chi connectivity index (χ4n) is 1.59. The summed E-state index contributed by atoms with van der Waals surface area (Å²) >= 11 is 0. The summed E-state index contributed by atoms with van der Waals surface area (Å²) < 4.78 is 53.2. The first kappa shape index (κ1) is 13.9. The number of hydrogen-bond acceptors (Lipinski definition) is 4. The predicted molar refractivity (Wildman–Crippen MR) is 58.4 cm³/mol. The van der Waals surface area contributed by atoms with Crippen LogP contribution in [0.25, 0.3) is 0 Å². The molecule has 1 aliphatic rings. The van der Waals surface area contributed by atoms with Crippen molar-refractivity contribution in [3.05, 3.63) is 47.1 Å². The van der Waals surface area contributed by atoms with E-state index in [-0.39, 0.29) is 11.6 Å². The van der Waals surface area contributed by atoms with Crippen molar-refractivity contribution in [2.45, 2.75) is 0 Å². The summed E-state index contributed by atoms with van der Waals surface area (Å²) in [5.41, 5.74) is 20.5. The van der Waals surface area contributed by atoms with Crippen LogP contribution >= 0.6 is 0 Å². The molecule has 0 aromatic rings. The van der Waals surface area contributed by atoms with Crippen molar-refractivity contribution in [2.24, 2.45) is 34.8 Å². The highest BCUT2D eigenvalue weighted by Gasteiger charge is 2.38. The van der Waals surface area contributed by atoms with E-state index in [1.54, 1.807) is 0 Å². The molecule has 0 heterocycles. The molecule has 0 radical (unpaired) electrons. The highest BCUT2D eigenvalue weighted by atomic mass is 19.2. The number of allylic oxidation sites excluding steroid dienone is 6. The normalized spacial score (nSPS) is 24.0. The summed E-state index contributed by atoms with van der Waals surface area (Å²) in [7, 11) is 0. The zero-order valence-electron chi connectivity index (χ0n) is 9.13. The van der Waals surface area contributed by atoms with Crippen LogP contribution in [-0.2, 0) is 0 Å². The van der Waals surface area contributed by atoms with Crippen molar-refractivity contribution in [3.63, 3.8) is 0 Å². The third kappa shape index (κ3) is 2.58. The first-order valence-electron chi connectivity index (χ1n) is 4.82. The van der Waals surface area contributed by atoms with Crippen LogP contribution in [0.15, 0.2) is 47.1 Å². The Bertz CT molecular complexity index is 426. The Morgan fingerprint density at radius 1 is 0.722 bits per heavy atom. The van der Waals surface area contributed by atoms with Gasteiger partial charge in [-0.15, -0.1) is 0 Å². The molecule has 18 heavy (non-hydrogen) atoms. The molecule has 0 aromatic carbocycles. The minimum atomic E-state index is -1.92. The van der Waals surface area contributed by atoms with Gasteiger partial charge in [0.1, 0.15) is 11.7 Å². The molecule has 2 atom stereocenters. The quantitative estimate of drug-likeness (QED) is 0.559. The van der Waals surface area contributed by atoms with Crippen molar-refractivity contribution in [3.8, 4) is 0 Å². The van der Waals surface area contributed by atoms with E-state index < -0.39 is 35.1 Å². The molecule has 1 aliphatic carbocycles. The Balaban J connectivity index is 3.37. The summed E-state index contributed by atoms with van der Waals surface area (Å²) in [6.07, 6.45) is 1.70. The number of nitrogens with two attached hydrogens (primary N) is 4. The molecule has 4 nitrogen and oxygen atoms in total. The van der Waals surface area contributed by atoms with Crippen LogP contribution in [0.1, 0.15) is 0 Å². The lowest BCUT2D eigenvalue weighted by molar-refractivity contribution is 0.336. The highest BCUT2D eigenvalue weighted by Crippen LogP contribution is 2.43. The van der Waals surface area contributed by atoms with Crippen molar-refractivity contribution in [2.75, 3.05) is 0 Å². The van der Waals surface area contributed by atoms with Crippen LogP contribution in [0.3, 0.4) is 0 Å². The summed E-state index contributed by atoms with van der Waals surface area (Å²) in [5.74, 6) is -10.7. The SMILES string of the molecule is NC(N)=C[C@H]1C(F)=C(F)C(F)=C(F)[C@@H]1C=C(N)N. The molecule has 0 aliphatic heterocycles. The molecule has 0 saturated carbocycles. The van der Waals surface area contributed by atoms with Crippen LogP contribution in [0.5, 0.6) is 0 Å². The lowest BCUT2D eigenvalue weighted by Crippen LogP contribution is -2.24. The first-order chi connectivity index (χ1) is 8.25. The summed E-state index contributed by atoms with van der Waals surface area (Å²) in [5, 5.41) is 0. The van der Waals surface area contributed by atoms with E-state index in [4.69, 9.17) is 22.9 Å². The second kappa shape index (κ2) is 5.03. The number of rotatable bonds is 2. The zero-order chi connectivity index (χ0) is 14.0. The van der Waals surface area contributed by atoms with E-state index in [0.29, 0.717) is 0 Å². The highest BCUT2D eigenvalue weighted by molar-refractivity contribution is 5.37. The molecule has 8 heteroatoms. The van der Waals surface area contributed by atoms with Gasteiger partial charge in [0.15, 0.2) is 11.7 Å². The van der Waals surface area contributed by atoms with Gasteiger partial charge in [0, 0.05) is 11.8 Å². The average molecular weight is 264 g/mol. The van der Waals surface area contributed by atoms with Gasteiger partial charge in [-0.05, 0) is 12.2 Å². The lowest BCUT2D eigenvalue weighted by atomic mass is 9.85. The molecule has 0 amide bonds. The maximum Gasteiger partial charge on any atom is 0.193 e. The van der Waals surface area contributed by atoms with Gasteiger partial charge in [0.2, 0.25) is 0 Å². The summed E-state index contributed by atoms with van der Waals surface area (Å²) in [4.78, 5) is 0. The monoisotopic (exact) mass is 264 g/mol. The Morgan fingerprint density at radius 2 is 1.00 bits per heavy atom. The molecule has 0 spiro atoms. The van der Waals surface area contributed by atoms with Crippen molar-refractivity contribution >= 4 is 0 Å². The van der Waals surface area contributed by atoms with Gasteiger partial charge < -0.3 is 22.9 Å². The van der Waals surface area contributed by atoms with E-state index in [1.165, 1.54) is 0 Å². The molecule has 0 saturated heterocycles. The van der Waals surface area contributed by atoms with Gasteiger partial charge in [-0.25, -0.2) is 17.6 Å². The molecule has 8 N–H and O–H groups in total. The van der Waals surface area contributed by atoms with E-state index in [2.05, 4.69) is 0 Å². The van der Waals surface area contributed by atoms with Crippen molar-refractivity contribution in [1.29, 1.82) is 0 Å². The molecular formula is C10H12F4N4. The molecule has 100 valence electrons. The Hall–Kier alpha value is -2.12. The fourth-order valence-corrected chi connectivity index (χ4v) is 1.59. The average Bonchev–Trinajstić information content (AvgIpc) is 2.27. The standard InChI is InChI=1S/C10H12F4N4/c11-7-3(1-5(15)16)4(2-6(17)18)8(12)10(14)9(7)13/h1-4H,15-18H2/t3-,4-/m1/s1. The van der Waals surface area contributed by atoms with Gasteiger partial charge in [0.05, 0.1) is 11.6 Å². The minimum absolute atomic E-state index is 0.368. The van der Waals surface area contributed by atoms with Crippen LogP contribution < -0.4 is 22.9 Å². The van der Waals surface area contributed by atoms with Gasteiger partial charge in [-0.2, -0.15) is 0 Å². The second-order valence-corrected chi connectivity index (χ2v) is 3.71. The van der Waals surface area contributed by atoms with Crippen molar-refractivity contribution in [1.82, 2.24) is 0 Å². The van der Waals surface area contributed by atoms with Gasteiger partial charge in [-0.1, -0.05) is 0 Å². The molecule has 0 unspecified atom stereocenters. The second-order valence-electron chi connectivity index (χ2n) is 3.71. The molecule has 0 fully saturated rings. The third-order valence-electron chi connectivity index (χ3n) is 2.33. The smallest absolute Gasteiger partial charge is 0.193 e. The Morgan fingerprint density at radius 3 is 1.22 bits per heavy atom. The van der Waals surface area contributed by atoms with Crippen molar-refractivity contribution < 1.29 is 17.6 Å². The zero-order valence-corrected chi connectivity index (χ0v) is 9.13. The summed E-state index contributed by atoms with van der Waals surface area (Å²) in [6.45, 7) is 0. The largest absolute Gasteiger partial charge is 0.386 e. The van der Waals surface area contributed by atoms with Crippen LogP contribution in [0, 0.1) is 11.8 Å². The first-order valence-corrected chi connectivity index (χ1v) is 4.82. The maximum atomic E-state index is 13.5. The van der Waals surface area contributed by atoms with E-state index >= 15 is 0 Å². The van der Waals surface area contributed by atoms with Crippen LogP contribution in [-0.4, -0.2) is 0 Å². The Labute approximate surface area is 100 Å². The number of hydrogen-bond donors (Lipinski definition) is 4. The van der Waals surface area contributed by atoms with Crippen LogP contribution in [0.4, 0.5) is 17.6 Å². The summed E-state index contributed by atoms with van der Waals surface area (Å²) in [6, 6.07) is 0. The number of halogens is 4. The van der Waals surface area contributed by atoms with Crippen LogP contribution in [0.2, 0.25) is 0 Å². The van der Waals surface area contributed by atoms with E-state index in [1.807, 2.05) is 0 Å². The molecular weight excluding hydrogens is 252 g/mol. The Kier molecular flexibility index (Phi) is 3.89. The molecule has 0 aromatic heterocycles. The predicted octanol–water partition coefficient (Wildman–Crippen LogP) is 1.05. The van der Waals surface area contributed by atoms with Gasteiger partial charge in [-0.3, -0.25) is 0 Å². The fraction of sp³-hybridized carbons (Fsp3) is 0.200. The lowest BCUT2D eigenvalue weighted by Gasteiger charge is -2.24.